The monoisotopic (exact) mass is 758 g/mol. The Balaban J connectivity index is 0.000000276. The molecule has 0 saturated carbocycles. The van der Waals surface area contributed by atoms with Crippen LogP contribution in [-0.4, -0.2) is 29.2 Å². The molecule has 212 valence electrons. The van der Waals surface area contributed by atoms with Gasteiger partial charge in [-0.1, -0.05) is 13.8 Å². The molecule has 3 rings (SSSR count). The molecule has 2 unspecified atom stereocenters. The number of benzene rings is 2. The van der Waals surface area contributed by atoms with Crippen molar-refractivity contribution in [3.05, 3.63) is 70.5 Å². The molecule has 0 fully saturated rings. The summed E-state index contributed by atoms with van der Waals surface area (Å²) >= 11 is 4.56. The Hall–Kier alpha value is -1.75. The fourth-order valence-corrected chi connectivity index (χ4v) is 6.72. The van der Waals surface area contributed by atoms with E-state index in [1.807, 2.05) is 41.5 Å². The molecule has 0 amide bonds. The average Bonchev–Trinajstić information content (AvgIpc) is 2.84. The highest BCUT2D eigenvalue weighted by Gasteiger charge is 2.28. The summed E-state index contributed by atoms with van der Waals surface area (Å²) in [5.74, 6) is 0.158. The van der Waals surface area contributed by atoms with Crippen molar-refractivity contribution in [3.63, 3.8) is 0 Å². The molecule has 0 saturated heterocycles. The minimum absolute atomic E-state index is 0.0676. The minimum atomic E-state index is -0.216. The third kappa shape index (κ3) is 9.40. The van der Waals surface area contributed by atoms with Crippen LogP contribution in [0, 0.1) is 46.7 Å². The van der Waals surface area contributed by atoms with Gasteiger partial charge in [-0.3, -0.25) is 14.4 Å². The lowest BCUT2D eigenvalue weighted by molar-refractivity contribution is -0.147. The Morgan fingerprint density at radius 1 is 1.00 bits per heavy atom. The molecule has 1 N–H and O–H groups in total. The van der Waals surface area contributed by atoms with E-state index in [4.69, 9.17) is 4.74 Å². The van der Waals surface area contributed by atoms with Gasteiger partial charge in [-0.15, -0.1) is 0 Å². The zero-order valence-corrected chi connectivity index (χ0v) is 28.4. The van der Waals surface area contributed by atoms with E-state index in [0.29, 0.717) is 37.9 Å². The van der Waals surface area contributed by atoms with Crippen LogP contribution in [0.3, 0.4) is 0 Å². The molecule has 5 nitrogen and oxygen atoms in total. The summed E-state index contributed by atoms with van der Waals surface area (Å²) in [5.41, 5.74) is 7.01. The van der Waals surface area contributed by atoms with Crippen LogP contribution >= 0.6 is 45.2 Å². The summed E-state index contributed by atoms with van der Waals surface area (Å²) in [6.45, 7) is 14.0. The fraction of sp³-hybridized carbons (Fsp3) is 0.469. The highest BCUT2D eigenvalue weighted by Crippen LogP contribution is 2.35. The molecule has 7 heteroatoms. The van der Waals surface area contributed by atoms with Crippen LogP contribution in [0.25, 0.3) is 5.57 Å². The normalized spacial score (nSPS) is 15.9. The largest absolute Gasteiger partial charge is 0.511 e. The molecule has 2 aromatic rings. The summed E-state index contributed by atoms with van der Waals surface area (Å²) in [6, 6.07) is 8.29. The van der Waals surface area contributed by atoms with Gasteiger partial charge in [0.05, 0.1) is 18.1 Å². The third-order valence-corrected chi connectivity index (χ3v) is 8.38. The first kappa shape index (κ1) is 33.5. The highest BCUT2D eigenvalue weighted by atomic mass is 127. The molecule has 0 spiro atoms. The second kappa shape index (κ2) is 15.3. The van der Waals surface area contributed by atoms with Crippen molar-refractivity contribution in [2.45, 2.75) is 80.6 Å². The molecule has 2 atom stereocenters. The van der Waals surface area contributed by atoms with Crippen molar-refractivity contribution in [2.75, 3.05) is 6.61 Å². The van der Waals surface area contributed by atoms with Crippen molar-refractivity contribution < 1.29 is 24.2 Å². The summed E-state index contributed by atoms with van der Waals surface area (Å²) < 4.78 is 7.30. The van der Waals surface area contributed by atoms with Gasteiger partial charge in [0.2, 0.25) is 0 Å². The first-order chi connectivity index (χ1) is 18.3. The van der Waals surface area contributed by atoms with Gasteiger partial charge in [0, 0.05) is 32.3 Å². The predicted octanol–water partition coefficient (Wildman–Crippen LogP) is 8.18. The maximum absolute atomic E-state index is 12.1. The Labute approximate surface area is 260 Å². The van der Waals surface area contributed by atoms with Gasteiger partial charge in [-0.25, -0.2) is 0 Å². The zero-order chi connectivity index (χ0) is 29.4. The van der Waals surface area contributed by atoms with Crippen molar-refractivity contribution in [1.82, 2.24) is 0 Å². The van der Waals surface area contributed by atoms with Gasteiger partial charge in [0.25, 0.3) is 0 Å². The smallest absolute Gasteiger partial charge is 0.308 e. The third-order valence-electron chi connectivity index (χ3n) is 7.13. The van der Waals surface area contributed by atoms with E-state index in [1.54, 1.807) is 6.92 Å². The molecule has 0 bridgehead atoms. The van der Waals surface area contributed by atoms with Crippen LogP contribution in [0.15, 0.2) is 30.0 Å². The van der Waals surface area contributed by atoms with E-state index in [-0.39, 0.29) is 35.1 Å². The number of aliphatic hydroxyl groups excluding tert-OH is 1. The quantitative estimate of drug-likeness (QED) is 0.217. The average molecular weight is 758 g/mol. The molecule has 0 heterocycles. The molecular formula is C32H40I2O5. The first-order valence-corrected chi connectivity index (χ1v) is 15.6. The van der Waals surface area contributed by atoms with Crippen molar-refractivity contribution in [2.24, 2.45) is 11.8 Å². The number of carbonyl (C=O) groups excluding carboxylic acids is 3. The van der Waals surface area contributed by atoms with Crippen LogP contribution in [0.4, 0.5) is 0 Å². The predicted molar refractivity (Wildman–Crippen MR) is 174 cm³/mol. The Kier molecular flexibility index (Phi) is 13.1. The molecule has 39 heavy (non-hydrogen) atoms. The number of allylic oxidation sites excluding steroid dienone is 2. The number of rotatable bonds is 8. The van der Waals surface area contributed by atoms with Crippen molar-refractivity contribution in [3.8, 4) is 0 Å². The van der Waals surface area contributed by atoms with Gasteiger partial charge in [-0.05, 0) is 150 Å². The van der Waals surface area contributed by atoms with Crippen LogP contribution < -0.4 is 0 Å². The van der Waals surface area contributed by atoms with E-state index in [0.717, 1.165) is 43.4 Å². The summed E-state index contributed by atoms with van der Waals surface area (Å²) in [5, 5.41) is 10.2. The summed E-state index contributed by atoms with van der Waals surface area (Å²) in [4.78, 5) is 35.8. The van der Waals surface area contributed by atoms with E-state index in [2.05, 4.69) is 69.4 Å². The van der Waals surface area contributed by atoms with E-state index in [9.17, 15) is 19.5 Å². The van der Waals surface area contributed by atoms with Crippen LogP contribution in [0.5, 0.6) is 0 Å². The number of hydrogen-bond donors (Lipinski definition) is 1. The molecule has 0 aromatic heterocycles. The number of ketones is 2. The second-order valence-electron chi connectivity index (χ2n) is 10.5. The number of esters is 1. The minimum Gasteiger partial charge on any atom is -0.511 e. The maximum atomic E-state index is 12.1. The Bertz CT molecular complexity index is 1220. The molecule has 1 aliphatic carbocycles. The zero-order valence-electron chi connectivity index (χ0n) is 24.0. The SMILES string of the molecule is CCOC(=O)C(C)CCC(=O)Cc1c(C)cc(I)cc1C.Cc1cc(I)cc(C)c1C1=C(O)C(C)CCC1=O. The number of halogens is 2. The van der Waals surface area contributed by atoms with E-state index >= 15 is 0 Å². The van der Waals surface area contributed by atoms with Gasteiger partial charge >= 0.3 is 5.97 Å². The molecular weight excluding hydrogens is 718 g/mol. The summed E-state index contributed by atoms with van der Waals surface area (Å²) in [7, 11) is 0. The highest BCUT2D eigenvalue weighted by molar-refractivity contribution is 14.1. The lowest BCUT2D eigenvalue weighted by Gasteiger charge is -2.23. The first-order valence-electron chi connectivity index (χ1n) is 13.4. The summed E-state index contributed by atoms with van der Waals surface area (Å²) in [6.07, 6.45) is 2.71. The van der Waals surface area contributed by atoms with Gasteiger partial charge in [-0.2, -0.15) is 0 Å². The number of ether oxygens (including phenoxy) is 1. The van der Waals surface area contributed by atoms with Gasteiger partial charge in [0.15, 0.2) is 5.78 Å². The second-order valence-corrected chi connectivity index (χ2v) is 13.0. The molecule has 0 aliphatic heterocycles. The topological polar surface area (TPSA) is 80.7 Å². The number of hydrogen-bond acceptors (Lipinski definition) is 5. The number of aryl methyl sites for hydroxylation is 4. The molecule has 2 aromatic carbocycles. The van der Waals surface area contributed by atoms with Crippen molar-refractivity contribution in [1.29, 1.82) is 0 Å². The molecule has 0 radical (unpaired) electrons. The van der Waals surface area contributed by atoms with E-state index < -0.39 is 0 Å². The van der Waals surface area contributed by atoms with Crippen molar-refractivity contribution >= 4 is 68.3 Å². The van der Waals surface area contributed by atoms with Crippen LogP contribution in [0.2, 0.25) is 0 Å². The van der Waals surface area contributed by atoms with Crippen LogP contribution in [0.1, 0.15) is 79.8 Å². The lowest BCUT2D eigenvalue weighted by atomic mass is 9.82. The van der Waals surface area contributed by atoms with Crippen LogP contribution in [-0.2, 0) is 25.5 Å². The number of Topliss-reactive ketones (excluding diaryl/α,β-unsaturated/α-hetero) is 2. The van der Waals surface area contributed by atoms with Gasteiger partial charge < -0.3 is 9.84 Å². The Morgan fingerprint density at radius 2 is 1.51 bits per heavy atom. The lowest BCUT2D eigenvalue weighted by Crippen LogP contribution is -2.18. The van der Waals surface area contributed by atoms with Gasteiger partial charge in [0.1, 0.15) is 11.5 Å². The maximum Gasteiger partial charge on any atom is 0.308 e. The van der Waals surface area contributed by atoms with E-state index in [1.165, 1.54) is 3.57 Å². The molecule has 1 aliphatic rings. The Morgan fingerprint density at radius 3 is 2.03 bits per heavy atom. The number of carbonyl (C=O) groups is 3. The fourth-order valence-electron chi connectivity index (χ4n) is 4.86. The number of aliphatic hydroxyl groups is 1. The standard InChI is InChI=1S/C17H23IO3.C15H17IO2/c1-5-21-17(20)11(2)6-7-15(19)10-16-12(3)8-14(18)9-13(16)4;1-8-4-5-12(17)14(15(8)18)13-9(2)6-11(16)7-10(13)3/h8-9,11H,5-7,10H2,1-4H3;6-8,18H,4-5H2,1-3H3.